The molecular formula is C32H32N2O6S. The summed E-state index contributed by atoms with van der Waals surface area (Å²) in [6.45, 7) is 5.18. The zero-order valence-corrected chi connectivity index (χ0v) is 24.1. The number of thiazole rings is 1. The van der Waals surface area contributed by atoms with Crippen molar-refractivity contribution < 1.29 is 28.9 Å². The highest BCUT2D eigenvalue weighted by Gasteiger charge is 2.48. The fraction of sp³-hybridized carbons (Fsp3) is 0.281. The Balaban J connectivity index is 1.60. The number of amides is 1. The molecule has 1 aliphatic rings. The molecule has 1 unspecified atom stereocenters. The standard InChI is InChI=1S/C32H32N2O6S/c1-4-6-7-17-40-22-13-11-20(12-14-22)28-27(29(35)21-9-8-10-23(18-21)38-3)30(36)31(37)34(28)32-33-25-16-15-24(39-5-2)19-26(25)41-32/h8-16,18-19,28,35H,4-7,17H2,1-3H3. The molecule has 0 spiro atoms. The Bertz CT molecular complexity index is 1590. The van der Waals surface area contributed by atoms with E-state index >= 15 is 0 Å². The highest BCUT2D eigenvalue weighted by atomic mass is 32.1. The number of unbranched alkanes of at least 4 members (excludes halogenated alkanes) is 2. The van der Waals surface area contributed by atoms with Crippen molar-refractivity contribution in [3.8, 4) is 17.2 Å². The molecule has 1 N–H and O–H groups in total. The first-order valence-corrected chi connectivity index (χ1v) is 14.5. The molecule has 0 aliphatic carbocycles. The first-order valence-electron chi connectivity index (χ1n) is 13.7. The maximum Gasteiger partial charge on any atom is 0.301 e. The van der Waals surface area contributed by atoms with Gasteiger partial charge in [0.25, 0.3) is 5.78 Å². The average Bonchev–Trinajstić information content (AvgIpc) is 3.53. The van der Waals surface area contributed by atoms with Crippen LogP contribution in [0.4, 0.5) is 5.13 Å². The van der Waals surface area contributed by atoms with Gasteiger partial charge in [0.15, 0.2) is 5.13 Å². The molecule has 2 heterocycles. The van der Waals surface area contributed by atoms with Crippen molar-refractivity contribution in [3.05, 3.63) is 83.4 Å². The van der Waals surface area contributed by atoms with Crippen LogP contribution in [0.3, 0.4) is 0 Å². The molecule has 0 radical (unpaired) electrons. The number of ketones is 1. The van der Waals surface area contributed by atoms with Crippen LogP contribution in [0.2, 0.25) is 0 Å². The van der Waals surface area contributed by atoms with Crippen LogP contribution in [0, 0.1) is 0 Å². The Morgan fingerprint density at radius 1 is 0.951 bits per heavy atom. The van der Waals surface area contributed by atoms with E-state index in [1.807, 2.05) is 49.4 Å². The maximum atomic E-state index is 13.6. The lowest BCUT2D eigenvalue weighted by Gasteiger charge is -2.23. The molecule has 0 bridgehead atoms. The van der Waals surface area contributed by atoms with Gasteiger partial charge in [0, 0.05) is 5.56 Å². The molecule has 41 heavy (non-hydrogen) atoms. The Kier molecular flexibility index (Phi) is 8.54. The monoisotopic (exact) mass is 572 g/mol. The Hall–Kier alpha value is -4.37. The van der Waals surface area contributed by atoms with Gasteiger partial charge in [0.05, 0.1) is 42.2 Å². The second kappa shape index (κ2) is 12.4. The summed E-state index contributed by atoms with van der Waals surface area (Å²) < 4.78 is 17.6. The van der Waals surface area contributed by atoms with Crippen LogP contribution in [0.25, 0.3) is 16.0 Å². The zero-order chi connectivity index (χ0) is 28.9. The number of carbonyl (C=O) groups is 2. The topological polar surface area (TPSA) is 98.2 Å². The summed E-state index contributed by atoms with van der Waals surface area (Å²) in [5.41, 5.74) is 1.67. The summed E-state index contributed by atoms with van der Waals surface area (Å²) in [4.78, 5) is 33.2. The second-order valence-corrected chi connectivity index (χ2v) is 10.6. The maximum absolute atomic E-state index is 13.6. The van der Waals surface area contributed by atoms with Crippen molar-refractivity contribution in [2.75, 3.05) is 25.2 Å². The van der Waals surface area contributed by atoms with E-state index < -0.39 is 17.7 Å². The number of fused-ring (bicyclic) bond motifs is 1. The van der Waals surface area contributed by atoms with E-state index in [-0.39, 0.29) is 11.3 Å². The van der Waals surface area contributed by atoms with Gasteiger partial charge in [-0.3, -0.25) is 14.5 Å². The normalized spacial score (nSPS) is 16.4. The molecule has 5 rings (SSSR count). The SMILES string of the molecule is CCCCCOc1ccc(C2C(=C(O)c3cccc(OC)c3)C(=O)C(=O)N2c2nc3ccc(OCC)cc3s2)cc1. The minimum atomic E-state index is -0.901. The number of nitrogens with zero attached hydrogens (tertiary/aromatic N) is 2. The highest BCUT2D eigenvalue weighted by molar-refractivity contribution is 7.22. The summed E-state index contributed by atoms with van der Waals surface area (Å²) in [6, 6.07) is 18.6. The van der Waals surface area contributed by atoms with E-state index in [0.717, 1.165) is 24.0 Å². The molecule has 1 saturated heterocycles. The molecule has 1 fully saturated rings. The number of Topliss-reactive ketones (excluding diaryl/α,β-unsaturated/α-hetero) is 1. The van der Waals surface area contributed by atoms with Crippen LogP contribution in [-0.4, -0.2) is 42.1 Å². The molecule has 3 aromatic carbocycles. The third-order valence-corrected chi connectivity index (χ3v) is 7.88. The lowest BCUT2D eigenvalue weighted by molar-refractivity contribution is -0.132. The summed E-state index contributed by atoms with van der Waals surface area (Å²) in [5.74, 6) is 0.0716. The third-order valence-electron chi connectivity index (χ3n) is 6.87. The molecule has 1 aliphatic heterocycles. The average molecular weight is 573 g/mol. The number of benzene rings is 3. The van der Waals surface area contributed by atoms with E-state index in [0.29, 0.717) is 52.2 Å². The third kappa shape index (κ3) is 5.76. The van der Waals surface area contributed by atoms with Gasteiger partial charge in [-0.25, -0.2) is 4.98 Å². The molecule has 1 amide bonds. The van der Waals surface area contributed by atoms with Crippen LogP contribution in [0.1, 0.15) is 50.3 Å². The van der Waals surface area contributed by atoms with Crippen molar-refractivity contribution in [1.29, 1.82) is 0 Å². The number of methoxy groups -OCH3 is 1. The molecule has 1 aromatic heterocycles. The molecule has 0 saturated carbocycles. The smallest absolute Gasteiger partial charge is 0.301 e. The number of aliphatic hydroxyl groups excluding tert-OH is 1. The number of anilines is 1. The van der Waals surface area contributed by atoms with Gasteiger partial charge in [-0.2, -0.15) is 0 Å². The molecule has 1 atom stereocenters. The van der Waals surface area contributed by atoms with Gasteiger partial charge in [-0.05, 0) is 61.4 Å². The highest BCUT2D eigenvalue weighted by Crippen LogP contribution is 2.45. The lowest BCUT2D eigenvalue weighted by atomic mass is 9.95. The van der Waals surface area contributed by atoms with Crippen LogP contribution >= 0.6 is 11.3 Å². The van der Waals surface area contributed by atoms with Crippen molar-refractivity contribution in [2.24, 2.45) is 0 Å². The fourth-order valence-electron chi connectivity index (χ4n) is 4.81. The van der Waals surface area contributed by atoms with Gasteiger partial charge >= 0.3 is 5.91 Å². The number of aliphatic hydroxyl groups is 1. The summed E-state index contributed by atoms with van der Waals surface area (Å²) in [7, 11) is 1.52. The summed E-state index contributed by atoms with van der Waals surface area (Å²) in [5, 5.41) is 11.8. The predicted molar refractivity (Wildman–Crippen MR) is 160 cm³/mol. The lowest BCUT2D eigenvalue weighted by Crippen LogP contribution is -2.29. The minimum absolute atomic E-state index is 0.0193. The zero-order valence-electron chi connectivity index (χ0n) is 23.3. The van der Waals surface area contributed by atoms with Crippen LogP contribution < -0.4 is 19.1 Å². The van der Waals surface area contributed by atoms with E-state index in [9.17, 15) is 14.7 Å². The number of hydrogen-bond acceptors (Lipinski definition) is 8. The van der Waals surface area contributed by atoms with Crippen molar-refractivity contribution >= 4 is 44.1 Å². The minimum Gasteiger partial charge on any atom is -0.507 e. The summed E-state index contributed by atoms with van der Waals surface area (Å²) >= 11 is 1.29. The number of rotatable bonds is 11. The van der Waals surface area contributed by atoms with E-state index in [4.69, 9.17) is 19.2 Å². The molecule has 4 aromatic rings. The van der Waals surface area contributed by atoms with Crippen LogP contribution in [-0.2, 0) is 9.59 Å². The number of hydrogen-bond donors (Lipinski definition) is 1. The first-order chi connectivity index (χ1) is 19.9. The largest absolute Gasteiger partial charge is 0.507 e. The van der Waals surface area contributed by atoms with Crippen molar-refractivity contribution in [1.82, 2.24) is 4.98 Å². The van der Waals surface area contributed by atoms with Crippen molar-refractivity contribution in [2.45, 2.75) is 39.2 Å². The van der Waals surface area contributed by atoms with Gasteiger partial charge < -0.3 is 19.3 Å². The first kappa shape index (κ1) is 28.2. The Morgan fingerprint density at radius 2 is 1.73 bits per heavy atom. The number of aromatic nitrogens is 1. The van der Waals surface area contributed by atoms with Crippen molar-refractivity contribution in [3.63, 3.8) is 0 Å². The van der Waals surface area contributed by atoms with E-state index in [1.165, 1.54) is 23.3 Å². The Labute approximate surface area is 242 Å². The predicted octanol–water partition coefficient (Wildman–Crippen LogP) is 6.90. The van der Waals surface area contributed by atoms with E-state index in [2.05, 4.69) is 6.92 Å². The second-order valence-electron chi connectivity index (χ2n) is 9.58. The van der Waals surface area contributed by atoms with Gasteiger partial charge in [-0.15, -0.1) is 0 Å². The quantitative estimate of drug-likeness (QED) is 0.0904. The number of carbonyl (C=O) groups excluding carboxylic acids is 2. The van der Waals surface area contributed by atoms with Gasteiger partial charge in [-0.1, -0.05) is 55.4 Å². The molecule has 212 valence electrons. The van der Waals surface area contributed by atoms with Crippen LogP contribution in [0.5, 0.6) is 17.2 Å². The fourth-order valence-corrected chi connectivity index (χ4v) is 5.83. The summed E-state index contributed by atoms with van der Waals surface area (Å²) in [6.07, 6.45) is 3.15. The van der Waals surface area contributed by atoms with Gasteiger partial charge in [0.1, 0.15) is 23.0 Å². The van der Waals surface area contributed by atoms with Gasteiger partial charge in [0.2, 0.25) is 0 Å². The van der Waals surface area contributed by atoms with E-state index in [1.54, 1.807) is 24.3 Å². The number of ether oxygens (including phenoxy) is 3. The molecular weight excluding hydrogens is 540 g/mol. The Morgan fingerprint density at radius 3 is 2.46 bits per heavy atom. The molecule has 9 heteroatoms. The van der Waals surface area contributed by atoms with Crippen LogP contribution in [0.15, 0.2) is 72.3 Å². The molecule has 8 nitrogen and oxygen atoms in total.